The van der Waals surface area contributed by atoms with Crippen molar-refractivity contribution < 1.29 is 18.6 Å². The number of hydrogen-bond donors (Lipinski definition) is 0. The van der Waals surface area contributed by atoms with E-state index in [1.54, 1.807) is 6.26 Å². The molecule has 1 aromatic rings. The number of hydrogen-bond acceptors (Lipinski definition) is 4. The maximum absolute atomic E-state index is 5.94. The highest BCUT2D eigenvalue weighted by molar-refractivity contribution is 5.65. The smallest absolute Gasteiger partial charge is 0.165 e. The minimum Gasteiger partial charge on any atom is -0.487 e. The Hall–Kier alpha value is -1.52. The van der Waals surface area contributed by atoms with Crippen molar-refractivity contribution in [1.82, 2.24) is 0 Å². The molecule has 4 heteroatoms. The van der Waals surface area contributed by atoms with E-state index < -0.39 is 0 Å². The third kappa shape index (κ3) is 3.24. The van der Waals surface area contributed by atoms with E-state index in [0.717, 1.165) is 42.3 Å². The van der Waals surface area contributed by atoms with Gasteiger partial charge in [0.25, 0.3) is 0 Å². The minimum atomic E-state index is -0.0565. The van der Waals surface area contributed by atoms with Gasteiger partial charge in [-0.2, -0.15) is 0 Å². The molecule has 1 aromatic heterocycles. The van der Waals surface area contributed by atoms with E-state index >= 15 is 0 Å². The van der Waals surface area contributed by atoms with Gasteiger partial charge in [0.1, 0.15) is 18.3 Å². The van der Waals surface area contributed by atoms with Gasteiger partial charge < -0.3 is 18.6 Å². The van der Waals surface area contributed by atoms with E-state index in [1.807, 2.05) is 0 Å². The van der Waals surface area contributed by atoms with Crippen LogP contribution in [0.25, 0.3) is 11.6 Å². The number of rotatable bonds is 5. The fraction of sp³-hybridized carbons (Fsp3) is 0.579. The highest BCUT2D eigenvalue weighted by Crippen LogP contribution is 2.29. The molecule has 0 radical (unpaired) electrons. The second-order valence-electron chi connectivity index (χ2n) is 6.43. The van der Waals surface area contributed by atoms with Crippen LogP contribution in [0.5, 0.6) is 5.75 Å². The summed E-state index contributed by atoms with van der Waals surface area (Å²) in [7, 11) is 0. The van der Waals surface area contributed by atoms with E-state index in [0.29, 0.717) is 19.1 Å². The first kappa shape index (κ1) is 15.0. The zero-order valence-electron chi connectivity index (χ0n) is 13.5. The van der Waals surface area contributed by atoms with Gasteiger partial charge in [0.2, 0.25) is 0 Å². The molecule has 2 aliphatic carbocycles. The molecule has 1 aliphatic heterocycles. The van der Waals surface area contributed by atoms with Crippen LogP contribution in [0.1, 0.15) is 38.5 Å². The molecule has 23 heavy (non-hydrogen) atoms. The van der Waals surface area contributed by atoms with Gasteiger partial charge in [-0.1, -0.05) is 12.2 Å². The molecule has 0 amide bonds. The molecule has 0 spiro atoms. The topological polar surface area (TPSA) is 40.8 Å². The summed E-state index contributed by atoms with van der Waals surface area (Å²) in [6.07, 6.45) is 15.1. The molecule has 1 saturated heterocycles. The Kier molecular flexibility index (Phi) is 4.53. The standard InChI is InChI=1S/C19H24O4/c1-2-6-15-14(5-1)8-9-16-19(15)17(13-23-16)20-11-12-22-18-7-3-4-10-21-18/h2,6,9,13-14,18H,1,3-5,7-8,10-12H2. The highest BCUT2D eigenvalue weighted by atomic mass is 16.7. The Morgan fingerprint density at radius 3 is 3.09 bits per heavy atom. The van der Waals surface area contributed by atoms with Gasteiger partial charge in [-0.15, -0.1) is 0 Å². The lowest BCUT2D eigenvalue weighted by molar-refractivity contribution is -0.165. The Labute approximate surface area is 136 Å². The maximum Gasteiger partial charge on any atom is 0.165 e. The largest absolute Gasteiger partial charge is 0.487 e. The lowest BCUT2D eigenvalue weighted by atomic mass is 9.83. The summed E-state index contributed by atoms with van der Waals surface area (Å²) in [5, 5.41) is 1.14. The van der Waals surface area contributed by atoms with Crippen molar-refractivity contribution in [3.05, 3.63) is 29.0 Å². The van der Waals surface area contributed by atoms with Crippen molar-refractivity contribution in [3.63, 3.8) is 0 Å². The van der Waals surface area contributed by atoms with Gasteiger partial charge in [-0.3, -0.25) is 0 Å². The van der Waals surface area contributed by atoms with Gasteiger partial charge in [-0.25, -0.2) is 0 Å². The van der Waals surface area contributed by atoms with Crippen molar-refractivity contribution in [2.45, 2.75) is 44.8 Å². The average Bonchev–Trinajstić information content (AvgIpc) is 3.03. The summed E-state index contributed by atoms with van der Waals surface area (Å²) >= 11 is 0. The van der Waals surface area contributed by atoms with Crippen molar-refractivity contribution in [2.75, 3.05) is 19.8 Å². The first-order valence-electron chi connectivity index (χ1n) is 8.76. The molecule has 4 nitrogen and oxygen atoms in total. The van der Waals surface area contributed by atoms with Crippen LogP contribution in [0.3, 0.4) is 0 Å². The number of allylic oxidation sites excluding steroid dienone is 2. The molecule has 124 valence electrons. The molecule has 2 unspecified atom stereocenters. The van der Waals surface area contributed by atoms with Crippen molar-refractivity contribution in [3.8, 4) is 5.75 Å². The van der Waals surface area contributed by atoms with Gasteiger partial charge >= 0.3 is 0 Å². The lowest BCUT2D eigenvalue weighted by Gasteiger charge is -2.23. The summed E-state index contributed by atoms with van der Waals surface area (Å²) in [5.41, 5.74) is 2.32. The minimum absolute atomic E-state index is 0.0565. The monoisotopic (exact) mass is 316 g/mol. The second-order valence-corrected chi connectivity index (χ2v) is 6.43. The second kappa shape index (κ2) is 6.93. The van der Waals surface area contributed by atoms with Crippen LogP contribution < -0.4 is 15.4 Å². The summed E-state index contributed by atoms with van der Waals surface area (Å²) in [6.45, 7) is 1.87. The predicted molar refractivity (Wildman–Crippen MR) is 87.4 cm³/mol. The van der Waals surface area contributed by atoms with Crippen LogP contribution in [-0.2, 0) is 9.47 Å². The van der Waals surface area contributed by atoms with Crippen LogP contribution in [0.4, 0.5) is 0 Å². The molecule has 0 N–H and O–H groups in total. The first-order chi connectivity index (χ1) is 11.4. The van der Waals surface area contributed by atoms with Gasteiger partial charge in [-0.05, 0) is 56.1 Å². The quantitative estimate of drug-likeness (QED) is 0.783. The Bertz CT molecular complexity index is 679. The van der Waals surface area contributed by atoms with Crippen LogP contribution in [0.15, 0.2) is 22.8 Å². The molecule has 2 atom stereocenters. The molecular weight excluding hydrogens is 292 g/mol. The predicted octanol–water partition coefficient (Wildman–Crippen LogP) is 2.50. The van der Waals surface area contributed by atoms with Gasteiger partial charge in [0.05, 0.1) is 11.8 Å². The zero-order chi connectivity index (χ0) is 15.5. The lowest BCUT2D eigenvalue weighted by Crippen LogP contribution is -2.31. The summed E-state index contributed by atoms with van der Waals surface area (Å²) in [6, 6.07) is 0. The SMILES string of the molecule is C1=CC2=c3c(OCCOC4CCCCO4)coc3=CCC2CC1. The highest BCUT2D eigenvalue weighted by Gasteiger charge is 2.22. The van der Waals surface area contributed by atoms with Crippen molar-refractivity contribution >= 4 is 11.6 Å². The Balaban J connectivity index is 1.42. The van der Waals surface area contributed by atoms with E-state index in [-0.39, 0.29) is 6.29 Å². The molecule has 4 rings (SSSR count). The van der Waals surface area contributed by atoms with E-state index in [9.17, 15) is 0 Å². The molecule has 2 heterocycles. The van der Waals surface area contributed by atoms with Crippen LogP contribution in [-0.4, -0.2) is 26.1 Å². The molecule has 0 aromatic carbocycles. The first-order valence-corrected chi connectivity index (χ1v) is 8.76. The van der Waals surface area contributed by atoms with Crippen molar-refractivity contribution in [2.24, 2.45) is 5.92 Å². The molecule has 0 bridgehead atoms. The third-order valence-corrected chi connectivity index (χ3v) is 4.86. The van der Waals surface area contributed by atoms with Gasteiger partial charge in [0.15, 0.2) is 12.0 Å². The Morgan fingerprint density at radius 2 is 2.17 bits per heavy atom. The van der Waals surface area contributed by atoms with E-state index in [2.05, 4.69) is 18.2 Å². The Morgan fingerprint density at radius 1 is 1.17 bits per heavy atom. The fourth-order valence-corrected chi connectivity index (χ4v) is 3.65. The van der Waals surface area contributed by atoms with Crippen LogP contribution in [0.2, 0.25) is 0 Å². The molecule has 0 saturated carbocycles. The summed E-state index contributed by atoms with van der Waals surface area (Å²) in [4.78, 5) is 0. The number of fused-ring (bicyclic) bond motifs is 2. The molecule has 3 aliphatic rings. The average molecular weight is 316 g/mol. The van der Waals surface area contributed by atoms with Crippen LogP contribution >= 0.6 is 0 Å². The fourth-order valence-electron chi connectivity index (χ4n) is 3.65. The third-order valence-electron chi connectivity index (χ3n) is 4.86. The van der Waals surface area contributed by atoms with Gasteiger partial charge in [0, 0.05) is 6.61 Å². The molecular formula is C19H24O4. The maximum atomic E-state index is 5.94. The number of ether oxygens (including phenoxy) is 3. The summed E-state index contributed by atoms with van der Waals surface area (Å²) < 4.78 is 22.9. The summed E-state index contributed by atoms with van der Waals surface area (Å²) in [5.74, 6) is 1.45. The molecule has 1 fully saturated rings. The normalized spacial score (nSPS) is 26.3. The van der Waals surface area contributed by atoms with Crippen molar-refractivity contribution in [1.29, 1.82) is 0 Å². The zero-order valence-corrected chi connectivity index (χ0v) is 13.5. The van der Waals surface area contributed by atoms with E-state index in [4.69, 9.17) is 18.6 Å². The van der Waals surface area contributed by atoms with Crippen LogP contribution in [0, 0.1) is 5.92 Å². The van der Waals surface area contributed by atoms with E-state index in [1.165, 1.54) is 24.8 Å². The number of furan rings is 1.